The molecule has 0 fully saturated rings. The van der Waals surface area contributed by atoms with Crippen molar-refractivity contribution in [3.63, 3.8) is 0 Å². The van der Waals surface area contributed by atoms with E-state index in [0.717, 1.165) is 56.6 Å². The minimum atomic E-state index is 0. The summed E-state index contributed by atoms with van der Waals surface area (Å²) in [7, 11) is 3.97. The van der Waals surface area contributed by atoms with Crippen LogP contribution in [0.3, 0.4) is 0 Å². The monoisotopic (exact) mass is 703 g/mol. The summed E-state index contributed by atoms with van der Waals surface area (Å²) < 4.78 is 10.2. The van der Waals surface area contributed by atoms with Crippen LogP contribution in [0.5, 0.6) is 0 Å². The van der Waals surface area contributed by atoms with Crippen LogP contribution in [0.25, 0.3) is 21.9 Å². The van der Waals surface area contributed by atoms with Crippen molar-refractivity contribution in [2.75, 3.05) is 9.80 Å². The Labute approximate surface area is 246 Å². The van der Waals surface area contributed by atoms with Gasteiger partial charge < -0.3 is 13.6 Å². The molecule has 40 heavy (non-hydrogen) atoms. The largest absolute Gasteiger partial charge is 2.00 e. The Morgan fingerprint density at radius 2 is 1.02 bits per heavy atom. The zero-order valence-corrected chi connectivity index (χ0v) is 24.1. The molecular weight excluding hydrogens is 679 g/mol. The Kier molecular flexibility index (Phi) is 6.74. The van der Waals surface area contributed by atoms with E-state index in [1.807, 2.05) is 96.3 Å². The number of aryl methyl sites for hydroxylation is 2. The van der Waals surface area contributed by atoms with Crippen LogP contribution in [0.2, 0.25) is 0 Å². The number of hydrogen-bond donors (Lipinski definition) is 0. The second-order valence-corrected chi connectivity index (χ2v) is 9.29. The van der Waals surface area contributed by atoms with Crippen molar-refractivity contribution in [1.29, 1.82) is 0 Å². The van der Waals surface area contributed by atoms with Gasteiger partial charge in [-0.1, -0.05) is 36.4 Å². The summed E-state index contributed by atoms with van der Waals surface area (Å²) in [6, 6.07) is 35.6. The topological polar surface area (TPSA) is 55.3 Å². The molecule has 0 saturated heterocycles. The van der Waals surface area contributed by atoms with Gasteiger partial charge in [-0.25, -0.2) is 9.97 Å². The first-order chi connectivity index (χ1) is 19.2. The molecule has 0 atom stereocenters. The molecule has 3 heterocycles. The molecule has 7 rings (SSSR count). The normalized spacial score (nSPS) is 11.1. The molecule has 3 aromatic heterocycles. The number of fused-ring (bicyclic) bond motifs is 3. The molecule has 7 aromatic rings. The first kappa shape index (κ1) is 25.7. The molecule has 0 N–H and O–H groups in total. The predicted octanol–water partition coefficient (Wildman–Crippen LogP) is 7.59. The van der Waals surface area contributed by atoms with Crippen LogP contribution in [0.15, 0.2) is 114 Å². The van der Waals surface area contributed by atoms with Gasteiger partial charge in [0, 0.05) is 50.3 Å². The Morgan fingerprint density at radius 1 is 0.600 bits per heavy atom. The number of furan rings is 1. The minimum Gasteiger partial charge on any atom is -0.564 e. The Bertz CT molecular complexity index is 1770. The second-order valence-electron chi connectivity index (χ2n) is 9.29. The Balaban J connectivity index is 0.00000289. The number of benzene rings is 4. The summed E-state index contributed by atoms with van der Waals surface area (Å²) in [6.45, 7) is 0. The minimum absolute atomic E-state index is 0. The van der Waals surface area contributed by atoms with Crippen molar-refractivity contribution in [2.24, 2.45) is 14.1 Å². The van der Waals surface area contributed by atoms with Gasteiger partial charge in [0.2, 0.25) is 11.9 Å². The van der Waals surface area contributed by atoms with E-state index >= 15 is 0 Å². The number of hydrogen-bond acceptors (Lipinski definition) is 5. The summed E-state index contributed by atoms with van der Waals surface area (Å²) in [5, 5.41) is 1.71. The molecule has 0 radical (unpaired) electrons. The van der Waals surface area contributed by atoms with Crippen molar-refractivity contribution in [1.82, 2.24) is 19.1 Å². The summed E-state index contributed by atoms with van der Waals surface area (Å²) in [5.41, 5.74) is 5.19. The van der Waals surface area contributed by atoms with Crippen molar-refractivity contribution in [2.45, 2.75) is 0 Å². The summed E-state index contributed by atoms with van der Waals surface area (Å²) >= 11 is 0. The molecule has 198 valence electrons. The molecule has 0 unspecified atom stereocenters. The fraction of sp³-hybridized carbons (Fsp3) is 0.0625. The van der Waals surface area contributed by atoms with Gasteiger partial charge in [-0.3, -0.25) is 9.80 Å². The van der Waals surface area contributed by atoms with E-state index in [9.17, 15) is 0 Å². The molecule has 4 aromatic carbocycles. The maximum Gasteiger partial charge on any atom is 2.00 e. The summed E-state index contributed by atoms with van der Waals surface area (Å²) in [6.07, 6.45) is 7.47. The van der Waals surface area contributed by atoms with Gasteiger partial charge in [-0.2, -0.15) is 22.9 Å². The Morgan fingerprint density at radius 3 is 1.40 bits per heavy atom. The third-order valence-electron chi connectivity index (χ3n) is 6.76. The van der Waals surface area contributed by atoms with E-state index in [2.05, 4.69) is 56.2 Å². The molecule has 0 amide bonds. The number of rotatable bonds is 6. The first-order valence-corrected chi connectivity index (χ1v) is 12.6. The fourth-order valence-electron chi connectivity index (χ4n) is 4.88. The van der Waals surface area contributed by atoms with Crippen LogP contribution in [-0.4, -0.2) is 19.1 Å². The molecule has 0 bridgehead atoms. The molecule has 8 heteroatoms. The number of aromatic nitrogens is 4. The second kappa shape index (κ2) is 10.5. The summed E-state index contributed by atoms with van der Waals surface area (Å²) in [5.74, 6) is 1.58. The molecule has 0 aliphatic rings. The molecule has 0 aliphatic carbocycles. The standard InChI is InChI=1S/C32H24N6O.Pt/c1-35-19-17-33-31(35)37(23-9-5-3-6-10-23)25-13-15-29-27(21-25)28-22-26(14-16-30(28)39-29)38(24-11-7-4-8-12-24)32-34-18-20-36(32)2;/h3-20H,1-2H3;/q-2;+2. The fourth-order valence-corrected chi connectivity index (χ4v) is 4.88. The number of para-hydroxylation sites is 2. The van der Waals surface area contributed by atoms with Crippen LogP contribution in [0.4, 0.5) is 34.6 Å². The van der Waals surface area contributed by atoms with Crippen LogP contribution >= 0.6 is 0 Å². The molecule has 0 spiro atoms. The van der Waals surface area contributed by atoms with Gasteiger partial charge in [0.05, 0.1) is 0 Å². The predicted molar refractivity (Wildman–Crippen MR) is 154 cm³/mol. The van der Waals surface area contributed by atoms with Crippen molar-refractivity contribution < 1.29 is 25.5 Å². The summed E-state index contributed by atoms with van der Waals surface area (Å²) in [4.78, 5) is 13.4. The van der Waals surface area contributed by atoms with E-state index in [1.165, 1.54) is 0 Å². The van der Waals surface area contributed by atoms with Gasteiger partial charge >= 0.3 is 21.1 Å². The number of nitrogens with zero attached hydrogens (tertiary/aromatic N) is 6. The van der Waals surface area contributed by atoms with E-state index in [4.69, 9.17) is 4.42 Å². The van der Waals surface area contributed by atoms with E-state index < -0.39 is 0 Å². The van der Waals surface area contributed by atoms with E-state index in [-0.39, 0.29) is 21.1 Å². The maximum atomic E-state index is 6.22. The molecular formula is C32H24N6OPt. The van der Waals surface area contributed by atoms with Gasteiger partial charge in [0.1, 0.15) is 0 Å². The van der Waals surface area contributed by atoms with E-state index in [0.29, 0.717) is 0 Å². The Hall–Kier alpha value is -4.61. The maximum absolute atomic E-state index is 6.22. The molecule has 0 aliphatic heterocycles. The molecule has 0 saturated carbocycles. The van der Waals surface area contributed by atoms with Gasteiger partial charge in [-0.15, -0.1) is 24.3 Å². The van der Waals surface area contributed by atoms with Crippen molar-refractivity contribution in [3.8, 4) is 0 Å². The average Bonchev–Trinajstić information content (AvgIpc) is 3.69. The van der Waals surface area contributed by atoms with E-state index in [1.54, 1.807) is 12.4 Å². The first-order valence-electron chi connectivity index (χ1n) is 12.6. The van der Waals surface area contributed by atoms with Crippen LogP contribution in [0.1, 0.15) is 0 Å². The van der Waals surface area contributed by atoms with Gasteiger partial charge in [0.25, 0.3) is 0 Å². The zero-order chi connectivity index (χ0) is 26.3. The van der Waals surface area contributed by atoms with Gasteiger partial charge in [0.15, 0.2) is 0 Å². The molecule has 7 nitrogen and oxygen atoms in total. The quantitative estimate of drug-likeness (QED) is 0.167. The van der Waals surface area contributed by atoms with Crippen LogP contribution in [-0.2, 0) is 35.2 Å². The SMILES string of the molecule is Cn1ccnc1N(c1[c-]c2c(cc1)oc1ccc(N(c3ccccc3)c3nccn3C)[c-]c12)c1ccccc1.[Pt+2]. The van der Waals surface area contributed by atoms with Crippen molar-refractivity contribution in [3.05, 3.63) is 122 Å². The van der Waals surface area contributed by atoms with Gasteiger partial charge in [-0.05, 0) is 46.8 Å². The van der Waals surface area contributed by atoms with Crippen molar-refractivity contribution >= 4 is 56.6 Å². The third kappa shape index (κ3) is 4.38. The zero-order valence-electron chi connectivity index (χ0n) is 21.8. The van der Waals surface area contributed by atoms with Crippen LogP contribution in [0, 0.1) is 12.1 Å². The smallest absolute Gasteiger partial charge is 0.564 e. The average molecular weight is 704 g/mol. The number of imidazole rings is 2. The van der Waals surface area contributed by atoms with Crippen LogP contribution < -0.4 is 9.80 Å². The number of anilines is 6. The third-order valence-corrected chi connectivity index (χ3v) is 6.76.